The Hall–Kier alpha value is -2.36. The van der Waals surface area contributed by atoms with Crippen molar-refractivity contribution < 1.29 is 9.53 Å². The molecule has 0 saturated heterocycles. The van der Waals surface area contributed by atoms with E-state index in [-0.39, 0.29) is 12.0 Å². The van der Waals surface area contributed by atoms with Crippen LogP contribution in [0.25, 0.3) is 0 Å². The summed E-state index contributed by atoms with van der Waals surface area (Å²) in [7, 11) is 0. The first-order valence-corrected chi connectivity index (χ1v) is 6.67. The summed E-state index contributed by atoms with van der Waals surface area (Å²) in [5.74, 6) is 0.657. The summed E-state index contributed by atoms with van der Waals surface area (Å²) in [6, 6.07) is 10.7. The number of ether oxygens (including phenoxy) is 1. The maximum atomic E-state index is 12.0. The molecule has 1 N–H and O–H groups in total. The lowest BCUT2D eigenvalue weighted by Gasteiger charge is -2.13. The molecule has 104 valence electrons. The topological polar surface area (TPSA) is 51.2 Å². The Labute approximate surface area is 118 Å². The molecule has 0 radical (unpaired) electrons. The summed E-state index contributed by atoms with van der Waals surface area (Å²) in [4.78, 5) is 15.8. The predicted octanol–water partition coefficient (Wildman–Crippen LogP) is 3.51. The Bertz CT molecular complexity index is 552. The van der Waals surface area contributed by atoms with Gasteiger partial charge in [-0.15, -0.1) is 0 Å². The average molecular weight is 270 g/mol. The van der Waals surface area contributed by atoms with Crippen molar-refractivity contribution in [1.82, 2.24) is 4.98 Å². The molecule has 2 aromatic rings. The third kappa shape index (κ3) is 3.82. The molecular formula is C16H18N2O2. The zero-order valence-corrected chi connectivity index (χ0v) is 11.7. The first kappa shape index (κ1) is 14.1. The highest BCUT2D eigenvalue weighted by Gasteiger charge is 2.06. The quantitative estimate of drug-likeness (QED) is 0.904. The first-order chi connectivity index (χ1) is 9.69. The number of hydrogen-bond donors (Lipinski definition) is 1. The van der Waals surface area contributed by atoms with Crippen molar-refractivity contribution in [2.45, 2.75) is 26.4 Å². The van der Waals surface area contributed by atoms with Gasteiger partial charge in [0.05, 0.1) is 6.10 Å². The lowest BCUT2D eigenvalue weighted by atomic mass is 10.2. The number of carbonyl (C=O) groups is 1. The SMILES string of the molecule is CC[C@H](C)Oc1ccc(NC(=O)c2ccncc2)cc1. The number of rotatable bonds is 5. The smallest absolute Gasteiger partial charge is 0.255 e. The van der Waals surface area contributed by atoms with E-state index in [0.29, 0.717) is 5.56 Å². The molecule has 0 spiro atoms. The van der Waals surface area contributed by atoms with Crippen LogP contribution in [-0.2, 0) is 0 Å². The number of amides is 1. The van der Waals surface area contributed by atoms with Gasteiger partial charge in [-0.2, -0.15) is 0 Å². The van der Waals surface area contributed by atoms with Gasteiger partial charge in [-0.1, -0.05) is 6.92 Å². The molecule has 2 rings (SSSR count). The normalized spacial score (nSPS) is 11.7. The molecule has 0 saturated carbocycles. The van der Waals surface area contributed by atoms with E-state index in [9.17, 15) is 4.79 Å². The average Bonchev–Trinajstić information content (AvgIpc) is 2.50. The van der Waals surface area contributed by atoms with E-state index in [1.54, 1.807) is 24.5 Å². The number of hydrogen-bond acceptors (Lipinski definition) is 3. The van der Waals surface area contributed by atoms with E-state index in [4.69, 9.17) is 4.74 Å². The molecular weight excluding hydrogens is 252 g/mol. The minimum atomic E-state index is -0.150. The molecule has 1 amide bonds. The fourth-order valence-electron chi connectivity index (χ4n) is 1.64. The highest BCUT2D eigenvalue weighted by molar-refractivity contribution is 6.04. The molecule has 0 unspecified atom stereocenters. The van der Waals surface area contributed by atoms with E-state index in [2.05, 4.69) is 17.2 Å². The number of aromatic nitrogens is 1. The Morgan fingerprint density at radius 3 is 2.45 bits per heavy atom. The highest BCUT2D eigenvalue weighted by atomic mass is 16.5. The molecule has 4 heteroatoms. The zero-order valence-electron chi connectivity index (χ0n) is 11.7. The summed E-state index contributed by atoms with van der Waals surface area (Å²) in [6.07, 6.45) is 4.34. The van der Waals surface area contributed by atoms with Crippen LogP contribution in [0.1, 0.15) is 30.6 Å². The van der Waals surface area contributed by atoms with E-state index >= 15 is 0 Å². The van der Waals surface area contributed by atoms with Crippen molar-refractivity contribution in [1.29, 1.82) is 0 Å². The van der Waals surface area contributed by atoms with Crippen molar-refractivity contribution >= 4 is 11.6 Å². The molecule has 1 atom stereocenters. The molecule has 1 aromatic heterocycles. The Balaban J connectivity index is 1.99. The fourth-order valence-corrected chi connectivity index (χ4v) is 1.64. The standard InChI is InChI=1S/C16H18N2O2/c1-3-12(2)20-15-6-4-14(5-7-15)18-16(19)13-8-10-17-11-9-13/h4-12H,3H2,1-2H3,(H,18,19)/t12-/m0/s1. The number of nitrogens with one attached hydrogen (secondary N) is 1. The lowest BCUT2D eigenvalue weighted by molar-refractivity contribution is 0.102. The molecule has 0 aliphatic heterocycles. The van der Waals surface area contributed by atoms with Crippen LogP contribution in [0.2, 0.25) is 0 Å². The number of carbonyl (C=O) groups excluding carboxylic acids is 1. The molecule has 1 aromatic carbocycles. The van der Waals surface area contributed by atoms with Crippen molar-refractivity contribution in [2.75, 3.05) is 5.32 Å². The van der Waals surface area contributed by atoms with Crippen LogP contribution in [0.3, 0.4) is 0 Å². The van der Waals surface area contributed by atoms with Crippen molar-refractivity contribution in [3.8, 4) is 5.75 Å². The first-order valence-electron chi connectivity index (χ1n) is 6.67. The van der Waals surface area contributed by atoms with E-state index in [1.807, 2.05) is 31.2 Å². The largest absolute Gasteiger partial charge is 0.491 e. The number of nitrogens with zero attached hydrogens (tertiary/aromatic N) is 1. The monoisotopic (exact) mass is 270 g/mol. The van der Waals surface area contributed by atoms with Crippen LogP contribution in [0.4, 0.5) is 5.69 Å². The summed E-state index contributed by atoms with van der Waals surface area (Å²) >= 11 is 0. The maximum Gasteiger partial charge on any atom is 0.255 e. The molecule has 0 aliphatic carbocycles. The molecule has 0 bridgehead atoms. The van der Waals surface area contributed by atoms with Gasteiger partial charge < -0.3 is 10.1 Å². The van der Waals surface area contributed by atoms with Gasteiger partial charge in [0.1, 0.15) is 5.75 Å². The summed E-state index contributed by atoms with van der Waals surface area (Å²) in [5, 5.41) is 2.83. The van der Waals surface area contributed by atoms with Crippen molar-refractivity contribution in [3.63, 3.8) is 0 Å². The summed E-state index contributed by atoms with van der Waals surface area (Å²) in [5.41, 5.74) is 1.32. The van der Waals surface area contributed by atoms with Crippen LogP contribution >= 0.6 is 0 Å². The van der Waals surface area contributed by atoms with Crippen LogP contribution in [0.5, 0.6) is 5.75 Å². The van der Waals surface area contributed by atoms with Gasteiger partial charge in [0.15, 0.2) is 0 Å². The number of benzene rings is 1. The van der Waals surface area contributed by atoms with Gasteiger partial charge in [-0.05, 0) is 49.7 Å². The predicted molar refractivity (Wildman–Crippen MR) is 79.0 cm³/mol. The molecule has 4 nitrogen and oxygen atoms in total. The van der Waals surface area contributed by atoms with Crippen LogP contribution in [-0.4, -0.2) is 17.0 Å². The highest BCUT2D eigenvalue weighted by Crippen LogP contribution is 2.18. The van der Waals surface area contributed by atoms with Crippen LogP contribution in [0, 0.1) is 0 Å². The summed E-state index contributed by atoms with van der Waals surface area (Å²) in [6.45, 7) is 4.10. The second-order valence-corrected chi connectivity index (χ2v) is 4.55. The molecule has 0 fully saturated rings. The van der Waals surface area contributed by atoms with Gasteiger partial charge in [0.2, 0.25) is 0 Å². The van der Waals surface area contributed by atoms with Gasteiger partial charge in [-0.25, -0.2) is 0 Å². The van der Waals surface area contributed by atoms with E-state index in [0.717, 1.165) is 17.9 Å². The van der Waals surface area contributed by atoms with E-state index < -0.39 is 0 Å². The van der Waals surface area contributed by atoms with Gasteiger partial charge in [0.25, 0.3) is 5.91 Å². The molecule has 0 aliphatic rings. The Morgan fingerprint density at radius 2 is 1.85 bits per heavy atom. The van der Waals surface area contributed by atoms with Crippen LogP contribution < -0.4 is 10.1 Å². The lowest BCUT2D eigenvalue weighted by Crippen LogP contribution is -2.12. The van der Waals surface area contributed by atoms with E-state index in [1.165, 1.54) is 0 Å². The fraction of sp³-hybridized carbons (Fsp3) is 0.250. The Kier molecular flexibility index (Phi) is 4.71. The number of pyridine rings is 1. The van der Waals surface area contributed by atoms with Gasteiger partial charge in [0, 0.05) is 23.6 Å². The molecule has 1 heterocycles. The second-order valence-electron chi connectivity index (χ2n) is 4.55. The molecule has 20 heavy (non-hydrogen) atoms. The Morgan fingerprint density at radius 1 is 1.20 bits per heavy atom. The number of anilines is 1. The third-order valence-electron chi connectivity index (χ3n) is 2.97. The van der Waals surface area contributed by atoms with Crippen LogP contribution in [0.15, 0.2) is 48.8 Å². The zero-order chi connectivity index (χ0) is 14.4. The van der Waals surface area contributed by atoms with Crippen molar-refractivity contribution in [3.05, 3.63) is 54.4 Å². The maximum absolute atomic E-state index is 12.0. The van der Waals surface area contributed by atoms with Crippen molar-refractivity contribution in [2.24, 2.45) is 0 Å². The summed E-state index contributed by atoms with van der Waals surface area (Å²) < 4.78 is 5.69. The minimum Gasteiger partial charge on any atom is -0.491 e. The minimum absolute atomic E-state index is 0.150. The van der Waals surface area contributed by atoms with Gasteiger partial charge in [-0.3, -0.25) is 9.78 Å². The second kappa shape index (κ2) is 6.70. The third-order valence-corrected chi connectivity index (χ3v) is 2.97. The van der Waals surface area contributed by atoms with Gasteiger partial charge >= 0.3 is 0 Å².